The van der Waals surface area contributed by atoms with E-state index < -0.39 is 5.91 Å². The average Bonchev–Trinajstić information content (AvgIpc) is 2.91. The van der Waals surface area contributed by atoms with E-state index in [1.165, 1.54) is 0 Å². The van der Waals surface area contributed by atoms with Gasteiger partial charge in [-0.15, -0.1) is 0 Å². The van der Waals surface area contributed by atoms with Crippen LogP contribution in [0.3, 0.4) is 0 Å². The summed E-state index contributed by atoms with van der Waals surface area (Å²) in [6.45, 7) is 7.95. The van der Waals surface area contributed by atoms with Crippen molar-refractivity contribution in [3.05, 3.63) is 66.4 Å². The highest BCUT2D eigenvalue weighted by Gasteiger charge is 2.34. The minimum Gasteiger partial charge on any atom is -0.395 e. The highest BCUT2D eigenvalue weighted by molar-refractivity contribution is 6.02. The second kappa shape index (κ2) is 13.5. The van der Waals surface area contributed by atoms with Gasteiger partial charge >= 0.3 is 0 Å². The van der Waals surface area contributed by atoms with Crippen molar-refractivity contribution in [2.24, 2.45) is 10.8 Å². The molecule has 9 nitrogen and oxygen atoms in total. The van der Waals surface area contributed by atoms with Gasteiger partial charge in [0.2, 0.25) is 17.7 Å². The fourth-order valence-corrected chi connectivity index (χ4v) is 5.36. The van der Waals surface area contributed by atoms with Gasteiger partial charge in [-0.1, -0.05) is 64.4 Å². The van der Waals surface area contributed by atoms with Gasteiger partial charge in [0.1, 0.15) is 0 Å². The van der Waals surface area contributed by atoms with E-state index in [2.05, 4.69) is 10.3 Å². The molecule has 1 atom stereocenters. The number of nitrogens with one attached hydrogen (secondary N) is 2. The molecule has 0 fully saturated rings. The fourth-order valence-electron chi connectivity index (χ4n) is 5.36. The second-order valence-electron chi connectivity index (χ2n) is 11.4. The van der Waals surface area contributed by atoms with E-state index >= 15 is 0 Å². The van der Waals surface area contributed by atoms with Gasteiger partial charge in [-0.25, -0.2) is 5.48 Å². The second-order valence-corrected chi connectivity index (χ2v) is 11.4. The Labute approximate surface area is 235 Å². The lowest BCUT2D eigenvalue weighted by Crippen LogP contribution is -2.35. The number of anilines is 2. The maximum absolute atomic E-state index is 13.3. The molecule has 0 aliphatic rings. The molecule has 9 heteroatoms. The predicted molar refractivity (Wildman–Crippen MR) is 156 cm³/mol. The Morgan fingerprint density at radius 2 is 1.65 bits per heavy atom. The molecule has 0 aliphatic carbocycles. The SMILES string of the molecule is CCC(C)(CC(=O)NO)CC(C)(C)CC(=O)Nc1ccc(CC(=O)N(CCO)c2cccc3cccnc23)cc1. The molecule has 1 heterocycles. The molecule has 0 radical (unpaired) electrons. The van der Waals surface area contributed by atoms with E-state index in [1.54, 1.807) is 40.8 Å². The summed E-state index contributed by atoms with van der Waals surface area (Å²) in [4.78, 5) is 43.9. The molecule has 214 valence electrons. The van der Waals surface area contributed by atoms with Crippen LogP contribution in [0.25, 0.3) is 10.9 Å². The number of aliphatic hydroxyl groups excluding tert-OH is 1. The number of amides is 3. The van der Waals surface area contributed by atoms with Crippen LogP contribution in [0.5, 0.6) is 0 Å². The van der Waals surface area contributed by atoms with Gasteiger partial charge in [0.25, 0.3) is 0 Å². The van der Waals surface area contributed by atoms with Crippen molar-refractivity contribution < 1.29 is 24.7 Å². The molecule has 1 aromatic heterocycles. The zero-order valence-electron chi connectivity index (χ0n) is 23.7. The molecule has 0 saturated carbocycles. The van der Waals surface area contributed by atoms with E-state index in [0.29, 0.717) is 23.3 Å². The first-order valence-corrected chi connectivity index (χ1v) is 13.6. The first kappa shape index (κ1) is 30.7. The third-order valence-corrected chi connectivity index (χ3v) is 7.23. The number of aliphatic hydroxyl groups is 1. The predicted octanol–water partition coefficient (Wildman–Crippen LogP) is 4.86. The molecule has 3 amide bonds. The van der Waals surface area contributed by atoms with Gasteiger partial charge in [-0.05, 0) is 47.1 Å². The molecule has 0 spiro atoms. The largest absolute Gasteiger partial charge is 0.395 e. The first-order valence-electron chi connectivity index (χ1n) is 13.6. The van der Waals surface area contributed by atoms with Gasteiger partial charge in [-0.2, -0.15) is 0 Å². The van der Waals surface area contributed by atoms with Gasteiger partial charge in [-0.3, -0.25) is 24.6 Å². The summed E-state index contributed by atoms with van der Waals surface area (Å²) in [6, 6.07) is 16.5. The monoisotopic (exact) mass is 548 g/mol. The standard InChI is InChI=1S/C31H40N4O5/c1-5-31(4,20-27(38)34-40)21-30(2,3)19-26(37)33-24-13-11-22(12-14-24)18-28(39)35(16-17-36)25-10-6-8-23-9-7-15-32-29(23)25/h6-15,36,40H,5,16-21H2,1-4H3,(H,33,37)(H,34,38). The number of aromatic nitrogens is 1. The normalized spacial score (nSPS) is 12.9. The Hall–Kier alpha value is -3.82. The van der Waals surface area contributed by atoms with E-state index in [4.69, 9.17) is 5.21 Å². The van der Waals surface area contributed by atoms with Crippen LogP contribution in [-0.2, 0) is 20.8 Å². The molecular weight excluding hydrogens is 508 g/mol. The molecular formula is C31H40N4O5. The van der Waals surface area contributed by atoms with Crippen molar-refractivity contribution >= 4 is 40.0 Å². The summed E-state index contributed by atoms with van der Waals surface area (Å²) in [6.07, 6.45) is 3.62. The third-order valence-electron chi connectivity index (χ3n) is 7.23. The van der Waals surface area contributed by atoms with Crippen molar-refractivity contribution in [3.8, 4) is 0 Å². The molecule has 3 rings (SSSR count). The smallest absolute Gasteiger partial charge is 0.243 e. The number of hydrogen-bond donors (Lipinski definition) is 4. The Bertz CT molecular complexity index is 1320. The molecule has 3 aromatic rings. The zero-order chi connectivity index (χ0) is 29.3. The van der Waals surface area contributed by atoms with Gasteiger partial charge in [0.15, 0.2) is 0 Å². The number of carbonyl (C=O) groups is 3. The van der Waals surface area contributed by atoms with Crippen molar-refractivity contribution in [1.29, 1.82) is 0 Å². The lowest BCUT2D eigenvalue weighted by atomic mass is 9.69. The average molecular weight is 549 g/mol. The highest BCUT2D eigenvalue weighted by Crippen LogP contribution is 2.41. The summed E-state index contributed by atoms with van der Waals surface area (Å²) in [7, 11) is 0. The van der Waals surface area contributed by atoms with Crippen LogP contribution >= 0.6 is 0 Å². The van der Waals surface area contributed by atoms with Crippen LogP contribution in [0.4, 0.5) is 11.4 Å². The molecule has 0 aliphatic heterocycles. The van der Waals surface area contributed by atoms with E-state index in [1.807, 2.05) is 58.0 Å². The number of carbonyl (C=O) groups excluding carboxylic acids is 3. The van der Waals surface area contributed by atoms with Crippen LogP contribution in [0.2, 0.25) is 0 Å². The van der Waals surface area contributed by atoms with Crippen molar-refractivity contribution in [1.82, 2.24) is 10.5 Å². The lowest BCUT2D eigenvalue weighted by molar-refractivity contribution is -0.132. The van der Waals surface area contributed by atoms with Crippen LogP contribution in [0.1, 0.15) is 58.9 Å². The topological polar surface area (TPSA) is 132 Å². The van der Waals surface area contributed by atoms with Crippen LogP contribution < -0.4 is 15.7 Å². The van der Waals surface area contributed by atoms with Crippen molar-refractivity contribution in [2.45, 2.75) is 59.8 Å². The van der Waals surface area contributed by atoms with Crippen molar-refractivity contribution in [2.75, 3.05) is 23.4 Å². The van der Waals surface area contributed by atoms with Gasteiger partial charge in [0, 0.05) is 36.7 Å². The van der Waals surface area contributed by atoms with E-state index in [-0.39, 0.29) is 55.1 Å². The highest BCUT2D eigenvalue weighted by atomic mass is 16.5. The molecule has 1 unspecified atom stereocenters. The Morgan fingerprint density at radius 1 is 0.950 bits per heavy atom. The number of benzene rings is 2. The first-order chi connectivity index (χ1) is 19.0. The molecule has 2 aromatic carbocycles. The Balaban J connectivity index is 1.63. The Morgan fingerprint density at radius 3 is 2.30 bits per heavy atom. The number of fused-ring (bicyclic) bond motifs is 1. The van der Waals surface area contributed by atoms with Crippen LogP contribution in [0, 0.1) is 10.8 Å². The third kappa shape index (κ3) is 8.34. The molecule has 0 saturated heterocycles. The molecule has 4 N–H and O–H groups in total. The summed E-state index contributed by atoms with van der Waals surface area (Å²) in [5, 5.41) is 22.4. The minimum atomic E-state index is -0.434. The maximum atomic E-state index is 13.3. The van der Waals surface area contributed by atoms with Gasteiger partial charge < -0.3 is 15.3 Å². The number of rotatable bonds is 13. The molecule has 0 bridgehead atoms. The van der Waals surface area contributed by atoms with Crippen molar-refractivity contribution in [3.63, 3.8) is 0 Å². The zero-order valence-corrected chi connectivity index (χ0v) is 23.7. The summed E-state index contributed by atoms with van der Waals surface area (Å²) in [5.74, 6) is -0.743. The lowest BCUT2D eigenvalue weighted by Gasteiger charge is -2.36. The van der Waals surface area contributed by atoms with Gasteiger partial charge in [0.05, 0.1) is 24.2 Å². The molecule has 40 heavy (non-hydrogen) atoms. The summed E-state index contributed by atoms with van der Waals surface area (Å²) in [5.41, 5.74) is 3.73. The number of para-hydroxylation sites is 1. The number of pyridine rings is 1. The number of hydroxylamine groups is 1. The van der Waals surface area contributed by atoms with E-state index in [0.717, 1.165) is 17.4 Å². The van der Waals surface area contributed by atoms with E-state index in [9.17, 15) is 19.5 Å². The van der Waals surface area contributed by atoms with Crippen LogP contribution in [0.15, 0.2) is 60.8 Å². The Kier molecular flexibility index (Phi) is 10.4. The quantitative estimate of drug-likeness (QED) is 0.178. The minimum absolute atomic E-state index is 0.126. The summed E-state index contributed by atoms with van der Waals surface area (Å²) >= 11 is 0. The summed E-state index contributed by atoms with van der Waals surface area (Å²) < 4.78 is 0. The maximum Gasteiger partial charge on any atom is 0.243 e. The van der Waals surface area contributed by atoms with Crippen LogP contribution in [-0.4, -0.2) is 46.2 Å². The number of nitrogens with zero attached hydrogens (tertiary/aromatic N) is 2. The fraction of sp³-hybridized carbons (Fsp3) is 0.419. The number of hydrogen-bond acceptors (Lipinski definition) is 6.